The largest absolute Gasteiger partial charge is 0.388 e. The third kappa shape index (κ3) is 4.59. The summed E-state index contributed by atoms with van der Waals surface area (Å²) < 4.78 is 14.9. The highest BCUT2D eigenvalue weighted by molar-refractivity contribution is 6.30. The van der Waals surface area contributed by atoms with Gasteiger partial charge in [0, 0.05) is 22.3 Å². The Kier molecular flexibility index (Phi) is 5.73. The van der Waals surface area contributed by atoms with E-state index in [1.165, 1.54) is 28.8 Å². The number of benzene rings is 2. The van der Waals surface area contributed by atoms with Crippen LogP contribution >= 0.6 is 11.6 Å². The van der Waals surface area contributed by atoms with Crippen molar-refractivity contribution in [1.29, 1.82) is 0 Å². The number of amides is 1. The summed E-state index contributed by atoms with van der Waals surface area (Å²) in [4.78, 5) is 29.4. The lowest BCUT2D eigenvalue weighted by Gasteiger charge is -2.30. The molecule has 2 aromatic heterocycles. The van der Waals surface area contributed by atoms with E-state index in [2.05, 4.69) is 15.4 Å². The van der Waals surface area contributed by atoms with Crippen LogP contribution in [0.25, 0.3) is 16.9 Å². The molecule has 1 saturated carbocycles. The molecule has 5 rings (SSSR count). The van der Waals surface area contributed by atoms with Gasteiger partial charge in [0.05, 0.1) is 17.2 Å². The van der Waals surface area contributed by atoms with E-state index in [-0.39, 0.29) is 11.5 Å². The number of aromatic amines is 1. The van der Waals surface area contributed by atoms with Crippen LogP contribution in [0.2, 0.25) is 5.02 Å². The van der Waals surface area contributed by atoms with Crippen molar-refractivity contribution in [1.82, 2.24) is 19.9 Å². The number of H-pyrrole nitrogens is 1. The molecule has 0 aliphatic heterocycles. The van der Waals surface area contributed by atoms with Crippen LogP contribution in [0.15, 0.2) is 59.5 Å². The van der Waals surface area contributed by atoms with Gasteiger partial charge in [0.15, 0.2) is 5.82 Å². The summed E-state index contributed by atoms with van der Waals surface area (Å²) in [6, 6.07) is 11.8. The van der Waals surface area contributed by atoms with Gasteiger partial charge in [0.1, 0.15) is 11.3 Å². The first-order valence-corrected chi connectivity index (χ1v) is 11.7. The molecule has 1 aliphatic carbocycles. The first kappa shape index (κ1) is 23.3. The molecule has 3 N–H and O–H groups in total. The van der Waals surface area contributed by atoms with Gasteiger partial charge >= 0.3 is 0 Å². The van der Waals surface area contributed by atoms with Crippen LogP contribution in [0.3, 0.4) is 0 Å². The summed E-state index contributed by atoms with van der Waals surface area (Å²) in [5.41, 5.74) is 0.805. The molecule has 1 aliphatic rings. The van der Waals surface area contributed by atoms with Gasteiger partial charge in [-0.05, 0) is 62.4 Å². The number of fused-ring (bicyclic) bond motifs is 1. The summed E-state index contributed by atoms with van der Waals surface area (Å²) in [5, 5.41) is 18.7. The quantitative estimate of drug-likeness (QED) is 0.364. The second-order valence-electron chi connectivity index (χ2n) is 9.45. The summed E-state index contributed by atoms with van der Waals surface area (Å²) in [6.45, 7) is 3.14. The average molecular weight is 495 g/mol. The maximum atomic E-state index is 13.5. The van der Waals surface area contributed by atoms with Crippen molar-refractivity contribution in [3.05, 3.63) is 92.6 Å². The molecule has 1 atom stereocenters. The van der Waals surface area contributed by atoms with Crippen LogP contribution in [-0.2, 0) is 0 Å². The number of nitrogens with one attached hydrogen (secondary N) is 2. The molecule has 0 spiro atoms. The number of carbonyl (C=O) groups is 1. The van der Waals surface area contributed by atoms with Crippen LogP contribution in [0, 0.1) is 5.82 Å². The molecule has 35 heavy (non-hydrogen) atoms. The molecule has 9 heteroatoms. The van der Waals surface area contributed by atoms with E-state index in [1.54, 1.807) is 44.3 Å². The summed E-state index contributed by atoms with van der Waals surface area (Å²) in [5.74, 6) is -0.454. The molecule has 0 saturated heterocycles. The zero-order valence-electron chi connectivity index (χ0n) is 19.2. The van der Waals surface area contributed by atoms with Gasteiger partial charge in [0.25, 0.3) is 11.5 Å². The number of hydrogen-bond donors (Lipinski definition) is 3. The highest BCUT2D eigenvalue weighted by Crippen LogP contribution is 2.44. The summed E-state index contributed by atoms with van der Waals surface area (Å²) >= 11 is 6.10. The molecule has 7 nitrogen and oxygen atoms in total. The van der Waals surface area contributed by atoms with E-state index in [4.69, 9.17) is 11.6 Å². The Morgan fingerprint density at radius 3 is 2.60 bits per heavy atom. The van der Waals surface area contributed by atoms with Crippen molar-refractivity contribution >= 4 is 23.0 Å². The Morgan fingerprint density at radius 2 is 1.97 bits per heavy atom. The number of halogens is 2. The molecule has 180 valence electrons. The number of hydrogen-bond acceptors (Lipinski definition) is 4. The smallest absolute Gasteiger partial charge is 0.275 e. The van der Waals surface area contributed by atoms with Crippen LogP contribution in [-0.4, -0.2) is 31.2 Å². The summed E-state index contributed by atoms with van der Waals surface area (Å²) in [6.07, 6.45) is 3.28. The predicted molar refractivity (Wildman–Crippen MR) is 131 cm³/mol. The Bertz CT molecular complexity index is 1480. The van der Waals surface area contributed by atoms with E-state index < -0.39 is 23.4 Å². The molecule has 1 amide bonds. The highest BCUT2D eigenvalue weighted by Gasteiger charge is 2.36. The molecular weight excluding hydrogens is 471 g/mol. The Balaban J connectivity index is 1.58. The number of aliphatic hydroxyl groups is 1. The summed E-state index contributed by atoms with van der Waals surface area (Å²) in [7, 11) is 0. The lowest BCUT2D eigenvalue weighted by Crippen LogP contribution is -2.42. The SMILES string of the molecule is CC(C)(O)C(NC(=O)c1cn2nc(-c3cccc(Cl)c3)[nH]c(=O)c2c1C1CC1)c1ccc(F)cc1. The minimum atomic E-state index is -1.33. The minimum absolute atomic E-state index is 0.0760. The van der Waals surface area contributed by atoms with Gasteiger partial charge < -0.3 is 15.4 Å². The first-order valence-electron chi connectivity index (χ1n) is 11.3. The molecular formula is C26H24ClFN4O3. The van der Waals surface area contributed by atoms with Crippen LogP contribution in [0.4, 0.5) is 4.39 Å². The highest BCUT2D eigenvalue weighted by atomic mass is 35.5. The molecule has 2 aromatic carbocycles. The third-order valence-corrected chi connectivity index (χ3v) is 6.43. The predicted octanol–water partition coefficient (Wildman–Crippen LogP) is 4.60. The van der Waals surface area contributed by atoms with Gasteiger partial charge in [-0.1, -0.05) is 35.9 Å². The van der Waals surface area contributed by atoms with E-state index >= 15 is 0 Å². The van der Waals surface area contributed by atoms with Crippen molar-refractivity contribution in [2.24, 2.45) is 0 Å². The zero-order chi connectivity index (χ0) is 24.9. The molecule has 0 radical (unpaired) electrons. The zero-order valence-corrected chi connectivity index (χ0v) is 19.9. The van der Waals surface area contributed by atoms with Gasteiger partial charge in [-0.2, -0.15) is 0 Å². The van der Waals surface area contributed by atoms with E-state index in [0.29, 0.717) is 38.6 Å². The first-order chi connectivity index (χ1) is 16.6. The number of aromatic nitrogens is 3. The number of nitrogens with zero attached hydrogens (tertiary/aromatic N) is 2. The topological polar surface area (TPSA) is 99.5 Å². The molecule has 1 unspecified atom stereocenters. The van der Waals surface area contributed by atoms with E-state index in [0.717, 1.165) is 12.8 Å². The monoisotopic (exact) mass is 494 g/mol. The Labute approximate surface area is 205 Å². The van der Waals surface area contributed by atoms with Gasteiger partial charge in [-0.25, -0.2) is 8.91 Å². The van der Waals surface area contributed by atoms with Crippen molar-refractivity contribution in [2.45, 2.75) is 44.2 Å². The fourth-order valence-electron chi connectivity index (χ4n) is 4.38. The normalized spacial score (nSPS) is 14.8. The minimum Gasteiger partial charge on any atom is -0.388 e. The molecule has 4 aromatic rings. The maximum absolute atomic E-state index is 13.5. The maximum Gasteiger partial charge on any atom is 0.275 e. The van der Waals surface area contributed by atoms with Crippen LogP contribution < -0.4 is 10.9 Å². The fourth-order valence-corrected chi connectivity index (χ4v) is 4.57. The van der Waals surface area contributed by atoms with Crippen LogP contribution in [0.1, 0.15) is 60.1 Å². The number of rotatable bonds is 6. The van der Waals surface area contributed by atoms with Crippen LogP contribution in [0.5, 0.6) is 0 Å². The molecule has 2 heterocycles. The lowest BCUT2D eigenvalue weighted by atomic mass is 9.91. The van der Waals surface area contributed by atoms with Crippen molar-refractivity contribution < 1.29 is 14.3 Å². The van der Waals surface area contributed by atoms with E-state index in [1.807, 2.05) is 0 Å². The van der Waals surface area contributed by atoms with Gasteiger partial charge in [-0.15, -0.1) is 5.10 Å². The van der Waals surface area contributed by atoms with E-state index in [9.17, 15) is 19.1 Å². The lowest BCUT2D eigenvalue weighted by molar-refractivity contribution is 0.0343. The van der Waals surface area contributed by atoms with Crippen molar-refractivity contribution in [3.63, 3.8) is 0 Å². The second kappa shape index (κ2) is 8.62. The standard InChI is InChI=1S/C26H24ClFN4O3/c1-26(2,35)22(15-8-10-18(28)11-9-15)29-24(33)19-13-32-21(20(19)14-6-7-14)25(34)30-23(31-32)16-4-3-5-17(27)12-16/h3-5,8-14,22,35H,6-7H2,1-2H3,(H,29,33)(H,30,31,34). The van der Waals surface area contributed by atoms with Crippen molar-refractivity contribution in [3.8, 4) is 11.4 Å². The van der Waals surface area contributed by atoms with Crippen molar-refractivity contribution in [2.75, 3.05) is 0 Å². The van der Waals surface area contributed by atoms with Gasteiger partial charge in [-0.3, -0.25) is 9.59 Å². The second-order valence-corrected chi connectivity index (χ2v) is 9.89. The van der Waals surface area contributed by atoms with Gasteiger partial charge in [0.2, 0.25) is 0 Å². The Morgan fingerprint density at radius 1 is 1.26 bits per heavy atom. The number of carbonyl (C=O) groups excluding carboxylic acids is 1. The third-order valence-electron chi connectivity index (χ3n) is 6.19. The molecule has 1 fully saturated rings. The Hall–Kier alpha value is -3.49. The average Bonchev–Trinajstić information content (AvgIpc) is 3.56. The fraction of sp³-hybridized carbons (Fsp3) is 0.269. The molecule has 0 bridgehead atoms.